The number of nitrogens with one attached hydrogen (secondary N) is 1. The second kappa shape index (κ2) is 8.16. The van der Waals surface area contributed by atoms with Crippen molar-refractivity contribution in [2.45, 2.75) is 40.2 Å². The summed E-state index contributed by atoms with van der Waals surface area (Å²) in [5.41, 5.74) is 1.87. The summed E-state index contributed by atoms with van der Waals surface area (Å²) >= 11 is 1.39. The Hall–Kier alpha value is -2.34. The fraction of sp³-hybridized carbons (Fsp3) is 0.368. The quantitative estimate of drug-likeness (QED) is 0.772. The lowest BCUT2D eigenvalue weighted by molar-refractivity contribution is 0.0378. The third-order valence-corrected chi connectivity index (χ3v) is 4.75. The Kier molecular flexibility index (Phi) is 6.20. The van der Waals surface area contributed by atoms with E-state index in [1.54, 1.807) is 45.2 Å². The van der Waals surface area contributed by atoms with Crippen molar-refractivity contribution in [3.05, 3.63) is 45.8 Å². The average Bonchev–Trinajstić information content (AvgIpc) is 2.89. The molecule has 5 nitrogen and oxygen atoms in total. The van der Waals surface area contributed by atoms with Crippen LogP contribution in [0.5, 0.6) is 5.75 Å². The van der Waals surface area contributed by atoms with Crippen molar-refractivity contribution in [2.24, 2.45) is 0 Å². The molecule has 0 saturated carbocycles. The van der Waals surface area contributed by atoms with E-state index in [2.05, 4.69) is 5.32 Å². The van der Waals surface area contributed by atoms with E-state index in [4.69, 9.17) is 9.47 Å². The van der Waals surface area contributed by atoms with E-state index in [1.807, 2.05) is 13.8 Å². The fourth-order valence-electron chi connectivity index (χ4n) is 2.50. The lowest BCUT2D eigenvalue weighted by Gasteiger charge is -2.11. The number of methoxy groups -OCH3 is 1. The van der Waals surface area contributed by atoms with E-state index in [-0.39, 0.29) is 12.0 Å². The summed E-state index contributed by atoms with van der Waals surface area (Å²) in [6, 6.07) is 6.81. The molecule has 134 valence electrons. The highest BCUT2D eigenvalue weighted by Crippen LogP contribution is 2.34. The first-order chi connectivity index (χ1) is 11.9. The van der Waals surface area contributed by atoms with Crippen molar-refractivity contribution < 1.29 is 19.1 Å². The molecule has 0 unspecified atom stereocenters. The maximum absolute atomic E-state index is 12.5. The molecule has 2 aromatic rings. The zero-order valence-electron chi connectivity index (χ0n) is 15.1. The van der Waals surface area contributed by atoms with Gasteiger partial charge in [0.2, 0.25) is 0 Å². The lowest BCUT2D eigenvalue weighted by Crippen LogP contribution is -2.17. The smallest absolute Gasteiger partial charge is 0.341 e. The summed E-state index contributed by atoms with van der Waals surface area (Å²) in [6.07, 6.45) is 0.478. The Bertz CT molecular complexity index is 762. The van der Waals surface area contributed by atoms with E-state index in [9.17, 15) is 9.59 Å². The molecule has 1 aromatic carbocycles. The summed E-state index contributed by atoms with van der Waals surface area (Å²) in [7, 11) is 1.57. The number of thiophene rings is 1. The molecule has 0 spiro atoms. The standard InChI is InChI=1S/C19H23NO4S/c1-6-15-12(4)25-18(16(15)19(22)24-11(2)3)20-17(21)13-7-9-14(23-5)10-8-13/h7-11H,6H2,1-5H3,(H,20,21). The Labute approximate surface area is 152 Å². The summed E-state index contributed by atoms with van der Waals surface area (Å²) < 4.78 is 10.4. The van der Waals surface area contributed by atoms with Gasteiger partial charge in [-0.05, 0) is 57.0 Å². The molecule has 0 saturated heterocycles. The number of hydrogen-bond donors (Lipinski definition) is 1. The maximum atomic E-state index is 12.5. The minimum atomic E-state index is -0.402. The molecule has 0 atom stereocenters. The monoisotopic (exact) mass is 361 g/mol. The molecule has 0 aliphatic heterocycles. The van der Waals surface area contributed by atoms with Gasteiger partial charge in [0.05, 0.1) is 18.8 Å². The van der Waals surface area contributed by atoms with Crippen molar-refractivity contribution in [1.82, 2.24) is 0 Å². The molecule has 0 aliphatic rings. The van der Waals surface area contributed by atoms with Crippen LogP contribution < -0.4 is 10.1 Å². The number of benzene rings is 1. The van der Waals surface area contributed by atoms with Gasteiger partial charge in [-0.1, -0.05) is 6.92 Å². The van der Waals surface area contributed by atoms with E-state index in [1.165, 1.54) is 11.3 Å². The van der Waals surface area contributed by atoms with Gasteiger partial charge in [-0.15, -0.1) is 11.3 Å². The Morgan fingerprint density at radius 3 is 2.36 bits per heavy atom. The molecule has 25 heavy (non-hydrogen) atoms. The molecule has 1 heterocycles. The zero-order valence-corrected chi connectivity index (χ0v) is 16.0. The first kappa shape index (κ1) is 19.0. The number of amides is 1. The van der Waals surface area contributed by atoms with Crippen molar-refractivity contribution in [3.8, 4) is 5.75 Å². The lowest BCUT2D eigenvalue weighted by atomic mass is 10.1. The zero-order chi connectivity index (χ0) is 18.6. The molecule has 0 aliphatic carbocycles. The van der Waals surface area contributed by atoms with Gasteiger partial charge in [-0.2, -0.15) is 0 Å². The third kappa shape index (κ3) is 4.39. The fourth-order valence-corrected chi connectivity index (χ4v) is 3.63. The van der Waals surface area contributed by atoms with Crippen LogP contribution in [0.1, 0.15) is 51.9 Å². The Morgan fingerprint density at radius 1 is 1.20 bits per heavy atom. The van der Waals surface area contributed by atoms with Crippen LogP contribution in [0.15, 0.2) is 24.3 Å². The minimum absolute atomic E-state index is 0.220. The summed E-state index contributed by atoms with van der Waals surface area (Å²) in [4.78, 5) is 26.0. The minimum Gasteiger partial charge on any atom is -0.497 e. The second-order valence-corrected chi connectivity index (χ2v) is 7.06. The molecule has 1 amide bonds. The van der Waals surface area contributed by atoms with Gasteiger partial charge in [-0.3, -0.25) is 4.79 Å². The average molecular weight is 361 g/mol. The van der Waals surface area contributed by atoms with E-state index >= 15 is 0 Å². The number of hydrogen-bond acceptors (Lipinski definition) is 5. The van der Waals surface area contributed by atoms with Crippen molar-refractivity contribution >= 4 is 28.2 Å². The van der Waals surface area contributed by atoms with Gasteiger partial charge >= 0.3 is 5.97 Å². The first-order valence-electron chi connectivity index (χ1n) is 8.16. The highest BCUT2D eigenvalue weighted by molar-refractivity contribution is 7.16. The molecule has 1 aromatic heterocycles. The molecule has 6 heteroatoms. The molecule has 0 fully saturated rings. The van der Waals surface area contributed by atoms with Gasteiger partial charge < -0.3 is 14.8 Å². The summed E-state index contributed by atoms with van der Waals surface area (Å²) in [6.45, 7) is 7.53. The highest BCUT2D eigenvalue weighted by atomic mass is 32.1. The van der Waals surface area contributed by atoms with Crippen molar-refractivity contribution in [3.63, 3.8) is 0 Å². The predicted molar refractivity (Wildman–Crippen MR) is 99.9 cm³/mol. The first-order valence-corrected chi connectivity index (χ1v) is 8.97. The van der Waals surface area contributed by atoms with Gasteiger partial charge in [0, 0.05) is 10.4 Å². The van der Waals surface area contributed by atoms with E-state index in [0.29, 0.717) is 28.3 Å². The normalized spacial score (nSPS) is 10.6. The molecular formula is C19H23NO4S. The Morgan fingerprint density at radius 2 is 1.84 bits per heavy atom. The maximum Gasteiger partial charge on any atom is 0.341 e. The van der Waals surface area contributed by atoms with Crippen LogP contribution in [-0.2, 0) is 11.2 Å². The van der Waals surface area contributed by atoms with Crippen LogP contribution >= 0.6 is 11.3 Å². The van der Waals surface area contributed by atoms with Gasteiger partial charge in [0.15, 0.2) is 0 Å². The topological polar surface area (TPSA) is 64.6 Å². The number of carbonyl (C=O) groups excluding carboxylic acids is 2. The number of rotatable bonds is 6. The van der Waals surface area contributed by atoms with Crippen LogP contribution in [0.3, 0.4) is 0 Å². The van der Waals surface area contributed by atoms with Crippen molar-refractivity contribution in [1.29, 1.82) is 0 Å². The van der Waals surface area contributed by atoms with Gasteiger partial charge in [0.1, 0.15) is 10.8 Å². The molecule has 2 rings (SSSR count). The number of ether oxygens (including phenoxy) is 2. The predicted octanol–water partition coefficient (Wildman–Crippen LogP) is 4.45. The summed E-state index contributed by atoms with van der Waals surface area (Å²) in [5, 5.41) is 3.38. The van der Waals surface area contributed by atoms with Crippen LogP contribution in [-0.4, -0.2) is 25.1 Å². The molecule has 1 N–H and O–H groups in total. The third-order valence-electron chi connectivity index (χ3n) is 3.69. The van der Waals surface area contributed by atoms with Gasteiger partial charge in [-0.25, -0.2) is 4.79 Å². The second-order valence-electron chi connectivity index (χ2n) is 5.83. The number of anilines is 1. The molecular weight excluding hydrogens is 338 g/mol. The SMILES string of the molecule is CCc1c(C)sc(NC(=O)c2ccc(OC)cc2)c1C(=O)OC(C)C. The van der Waals surface area contributed by atoms with Gasteiger partial charge in [0.25, 0.3) is 5.91 Å². The van der Waals surface area contributed by atoms with E-state index < -0.39 is 5.97 Å². The van der Waals surface area contributed by atoms with Crippen molar-refractivity contribution in [2.75, 3.05) is 12.4 Å². The molecule has 0 bridgehead atoms. The van der Waals surface area contributed by atoms with E-state index in [0.717, 1.165) is 10.4 Å². The number of esters is 1. The molecule has 0 radical (unpaired) electrons. The largest absolute Gasteiger partial charge is 0.497 e. The summed E-state index contributed by atoms with van der Waals surface area (Å²) in [5.74, 6) is 0.00405. The highest BCUT2D eigenvalue weighted by Gasteiger charge is 2.24. The Balaban J connectivity index is 2.31. The van der Waals surface area contributed by atoms with Crippen LogP contribution in [0.25, 0.3) is 0 Å². The van der Waals surface area contributed by atoms with Crippen LogP contribution in [0.4, 0.5) is 5.00 Å². The number of carbonyl (C=O) groups is 2. The number of aryl methyl sites for hydroxylation is 1. The van der Waals surface area contributed by atoms with Crippen LogP contribution in [0.2, 0.25) is 0 Å². The van der Waals surface area contributed by atoms with Crippen LogP contribution in [0, 0.1) is 6.92 Å².